The minimum absolute atomic E-state index is 0.244. The lowest BCUT2D eigenvalue weighted by molar-refractivity contribution is 0.730. The second-order valence-corrected chi connectivity index (χ2v) is 5.15. The topological polar surface area (TPSA) is 26.0 Å². The zero-order valence-corrected chi connectivity index (χ0v) is 9.12. The summed E-state index contributed by atoms with van der Waals surface area (Å²) in [5.41, 5.74) is 5.90. The monoisotopic (exact) mass is 201 g/mol. The van der Waals surface area contributed by atoms with Gasteiger partial charge < -0.3 is 5.73 Å². The summed E-state index contributed by atoms with van der Waals surface area (Å²) in [6.07, 6.45) is 0. The summed E-state index contributed by atoms with van der Waals surface area (Å²) in [7, 11) is 0. The highest BCUT2D eigenvalue weighted by atomic mass is 32.2. The second kappa shape index (κ2) is 4.90. The van der Waals surface area contributed by atoms with Crippen molar-refractivity contribution in [3.05, 3.63) is 22.4 Å². The minimum Gasteiger partial charge on any atom is -0.327 e. The molecule has 0 spiro atoms. The van der Waals surface area contributed by atoms with E-state index in [0.717, 1.165) is 5.75 Å². The predicted molar refractivity (Wildman–Crippen MR) is 58.8 cm³/mol. The fourth-order valence-electron chi connectivity index (χ4n) is 1.13. The number of hydrogen-bond donors (Lipinski definition) is 1. The lowest BCUT2D eigenvalue weighted by atomic mass is 10.2. The zero-order valence-electron chi connectivity index (χ0n) is 7.49. The molecular weight excluding hydrogens is 186 g/mol. The number of thioether (sulfide) groups is 1. The van der Waals surface area contributed by atoms with Crippen molar-refractivity contribution in [1.82, 2.24) is 0 Å². The van der Waals surface area contributed by atoms with Crippen LogP contribution >= 0.6 is 23.1 Å². The van der Waals surface area contributed by atoms with Crippen molar-refractivity contribution in [2.75, 3.05) is 5.75 Å². The molecule has 1 aromatic rings. The van der Waals surface area contributed by atoms with Crippen molar-refractivity contribution in [3.8, 4) is 0 Å². The van der Waals surface area contributed by atoms with Crippen LogP contribution in [0.3, 0.4) is 0 Å². The highest BCUT2D eigenvalue weighted by Gasteiger charge is 2.16. The van der Waals surface area contributed by atoms with E-state index in [9.17, 15) is 0 Å². The van der Waals surface area contributed by atoms with E-state index >= 15 is 0 Å². The van der Waals surface area contributed by atoms with Crippen molar-refractivity contribution in [1.29, 1.82) is 0 Å². The summed E-state index contributed by atoms with van der Waals surface area (Å²) in [5, 5.41) is 2.59. The minimum atomic E-state index is 0.244. The third-order valence-corrected chi connectivity index (χ3v) is 4.13. The number of thiophene rings is 1. The molecule has 2 unspecified atom stereocenters. The maximum absolute atomic E-state index is 5.90. The van der Waals surface area contributed by atoms with Crippen molar-refractivity contribution in [2.24, 2.45) is 5.73 Å². The van der Waals surface area contributed by atoms with Gasteiger partial charge in [-0.15, -0.1) is 11.3 Å². The van der Waals surface area contributed by atoms with Crippen LogP contribution < -0.4 is 5.73 Å². The van der Waals surface area contributed by atoms with Crippen LogP contribution in [0.1, 0.15) is 24.0 Å². The van der Waals surface area contributed by atoms with Crippen molar-refractivity contribution in [2.45, 2.75) is 25.1 Å². The third kappa shape index (κ3) is 2.51. The van der Waals surface area contributed by atoms with E-state index in [2.05, 4.69) is 31.4 Å². The molecule has 2 atom stereocenters. The van der Waals surface area contributed by atoms with Gasteiger partial charge in [0.25, 0.3) is 0 Å². The van der Waals surface area contributed by atoms with Gasteiger partial charge in [0.2, 0.25) is 0 Å². The van der Waals surface area contributed by atoms with Gasteiger partial charge in [-0.3, -0.25) is 0 Å². The molecule has 12 heavy (non-hydrogen) atoms. The Morgan fingerprint density at radius 1 is 1.67 bits per heavy atom. The molecule has 0 saturated heterocycles. The number of hydrogen-bond acceptors (Lipinski definition) is 3. The average Bonchev–Trinajstić information content (AvgIpc) is 2.51. The maximum atomic E-state index is 5.90. The lowest BCUT2D eigenvalue weighted by Crippen LogP contribution is -2.22. The molecule has 2 N–H and O–H groups in total. The van der Waals surface area contributed by atoms with Crippen LogP contribution in [-0.2, 0) is 0 Å². The van der Waals surface area contributed by atoms with Crippen LogP contribution in [0.2, 0.25) is 0 Å². The van der Waals surface area contributed by atoms with E-state index in [4.69, 9.17) is 5.73 Å². The first kappa shape index (κ1) is 10.1. The molecule has 0 aliphatic heterocycles. The van der Waals surface area contributed by atoms with Gasteiger partial charge in [0.1, 0.15) is 0 Å². The molecule has 3 heteroatoms. The van der Waals surface area contributed by atoms with Crippen LogP contribution in [-0.4, -0.2) is 11.8 Å². The summed E-state index contributed by atoms with van der Waals surface area (Å²) in [5.74, 6) is 1.13. The standard InChI is InChI=1S/C9H15NS2/c1-3-11-9(7(2)10)8-5-4-6-12-8/h4-7,9H,3,10H2,1-2H3. The summed E-state index contributed by atoms with van der Waals surface area (Å²) in [4.78, 5) is 1.40. The van der Waals surface area contributed by atoms with Crippen LogP contribution in [0.5, 0.6) is 0 Å². The Bertz CT molecular complexity index is 206. The summed E-state index contributed by atoms with van der Waals surface area (Å²) >= 11 is 3.73. The molecule has 0 aliphatic rings. The highest BCUT2D eigenvalue weighted by molar-refractivity contribution is 7.99. The smallest absolute Gasteiger partial charge is 0.0539 e. The van der Waals surface area contributed by atoms with Gasteiger partial charge >= 0.3 is 0 Å². The van der Waals surface area contributed by atoms with E-state index in [1.165, 1.54) is 4.88 Å². The van der Waals surface area contributed by atoms with Gasteiger partial charge in [-0.25, -0.2) is 0 Å². The van der Waals surface area contributed by atoms with Gasteiger partial charge in [-0.05, 0) is 24.1 Å². The average molecular weight is 201 g/mol. The molecular formula is C9H15NS2. The molecule has 0 saturated carbocycles. The SMILES string of the molecule is CCSC(c1cccs1)C(C)N. The largest absolute Gasteiger partial charge is 0.327 e. The number of rotatable bonds is 4. The van der Waals surface area contributed by atoms with E-state index < -0.39 is 0 Å². The molecule has 1 rings (SSSR count). The van der Waals surface area contributed by atoms with Crippen LogP contribution in [0, 0.1) is 0 Å². The normalized spacial score (nSPS) is 15.9. The maximum Gasteiger partial charge on any atom is 0.0539 e. The quantitative estimate of drug-likeness (QED) is 0.810. The molecule has 0 bridgehead atoms. The first-order valence-electron chi connectivity index (χ1n) is 4.16. The summed E-state index contributed by atoms with van der Waals surface area (Å²) in [6, 6.07) is 4.50. The Morgan fingerprint density at radius 2 is 2.42 bits per heavy atom. The molecule has 0 radical (unpaired) electrons. The molecule has 0 fully saturated rings. The molecule has 1 aromatic heterocycles. The zero-order chi connectivity index (χ0) is 8.97. The van der Waals surface area contributed by atoms with E-state index in [1.807, 2.05) is 11.8 Å². The number of nitrogens with two attached hydrogens (primary N) is 1. The first-order chi connectivity index (χ1) is 5.75. The van der Waals surface area contributed by atoms with E-state index in [-0.39, 0.29) is 6.04 Å². The molecule has 1 heterocycles. The molecule has 1 nitrogen and oxygen atoms in total. The van der Waals surface area contributed by atoms with Gasteiger partial charge in [0.05, 0.1) is 5.25 Å². The first-order valence-corrected chi connectivity index (χ1v) is 6.09. The fourth-order valence-corrected chi connectivity index (χ4v) is 3.22. The van der Waals surface area contributed by atoms with Crippen LogP contribution in [0.4, 0.5) is 0 Å². The summed E-state index contributed by atoms with van der Waals surface area (Å²) in [6.45, 7) is 4.25. The molecule has 0 aliphatic carbocycles. The van der Waals surface area contributed by atoms with Crippen LogP contribution in [0.15, 0.2) is 17.5 Å². The Morgan fingerprint density at radius 3 is 2.83 bits per heavy atom. The van der Waals surface area contributed by atoms with Crippen LogP contribution in [0.25, 0.3) is 0 Å². The Labute approximate surface area is 82.4 Å². The fraction of sp³-hybridized carbons (Fsp3) is 0.556. The van der Waals surface area contributed by atoms with E-state index in [1.54, 1.807) is 11.3 Å². The van der Waals surface area contributed by atoms with Crippen molar-refractivity contribution < 1.29 is 0 Å². The Hall–Kier alpha value is 0.01000. The van der Waals surface area contributed by atoms with Crippen molar-refractivity contribution in [3.63, 3.8) is 0 Å². The molecule has 0 aromatic carbocycles. The lowest BCUT2D eigenvalue weighted by Gasteiger charge is -2.17. The van der Waals surface area contributed by atoms with Gasteiger partial charge in [0.15, 0.2) is 0 Å². The van der Waals surface area contributed by atoms with Gasteiger partial charge in [-0.2, -0.15) is 11.8 Å². The second-order valence-electron chi connectivity index (χ2n) is 2.75. The predicted octanol–water partition coefficient (Wildman–Crippen LogP) is 2.89. The van der Waals surface area contributed by atoms with Gasteiger partial charge in [0, 0.05) is 10.9 Å². The third-order valence-electron chi connectivity index (χ3n) is 1.65. The Balaban J connectivity index is 2.66. The molecule has 0 amide bonds. The van der Waals surface area contributed by atoms with Crippen molar-refractivity contribution >= 4 is 23.1 Å². The summed E-state index contributed by atoms with van der Waals surface area (Å²) < 4.78 is 0. The van der Waals surface area contributed by atoms with Gasteiger partial charge in [-0.1, -0.05) is 13.0 Å². The Kier molecular flexibility index (Phi) is 4.12. The highest BCUT2D eigenvalue weighted by Crippen LogP contribution is 2.33. The molecule has 68 valence electrons. The van der Waals surface area contributed by atoms with E-state index in [0.29, 0.717) is 5.25 Å².